The molecule has 3 aromatic carbocycles. The molecule has 3 N–H and O–H groups in total. The molecule has 4 saturated carbocycles. The fourth-order valence-electron chi connectivity index (χ4n) is 9.42. The Kier molecular flexibility index (Phi) is 9.42. The molecule has 0 radical (unpaired) electrons. The number of aromatic nitrogens is 2. The van der Waals surface area contributed by atoms with Crippen molar-refractivity contribution < 1.29 is 19.4 Å². The molecule has 4 aromatic rings. The minimum Gasteiger partial charge on any atom is -0.392 e. The summed E-state index contributed by atoms with van der Waals surface area (Å²) in [6, 6.07) is 24.4. The van der Waals surface area contributed by atoms with Crippen LogP contribution in [0.3, 0.4) is 0 Å². The first-order valence-electron chi connectivity index (χ1n) is 17.9. The van der Waals surface area contributed by atoms with E-state index in [0.717, 1.165) is 70.4 Å². The summed E-state index contributed by atoms with van der Waals surface area (Å²) in [6.07, 6.45) is 8.00. The van der Waals surface area contributed by atoms with E-state index >= 15 is 0 Å². The fraction of sp³-hybridized carbons (Fsp3) is 0.450. The summed E-state index contributed by atoms with van der Waals surface area (Å²) >= 11 is 12.6. The van der Waals surface area contributed by atoms with Gasteiger partial charge in [0.15, 0.2) is 11.4 Å². The molecule has 5 aliphatic rings. The number of nitrogens with one attached hydrogen (secondary N) is 2. The van der Waals surface area contributed by atoms with E-state index in [0.29, 0.717) is 18.2 Å². The fourth-order valence-corrected chi connectivity index (χ4v) is 9.73. The molecular formula is C40H44Cl2N4O4. The van der Waals surface area contributed by atoms with Gasteiger partial charge in [0.25, 0.3) is 0 Å². The lowest BCUT2D eigenvalue weighted by Crippen LogP contribution is -2.61. The van der Waals surface area contributed by atoms with Gasteiger partial charge in [-0.05, 0) is 90.2 Å². The Morgan fingerprint density at radius 3 is 2.22 bits per heavy atom. The van der Waals surface area contributed by atoms with Crippen LogP contribution in [0.1, 0.15) is 80.1 Å². The van der Waals surface area contributed by atoms with Crippen LogP contribution in [0.5, 0.6) is 0 Å². The summed E-state index contributed by atoms with van der Waals surface area (Å²) in [5, 5.41) is 16.8. The number of aliphatic hydroxyl groups is 1. The summed E-state index contributed by atoms with van der Waals surface area (Å²) in [7, 11) is 0. The maximum atomic E-state index is 13.1. The Morgan fingerprint density at radius 1 is 0.900 bits per heavy atom. The minimum absolute atomic E-state index is 0.00292. The Bertz CT molecular complexity index is 1790. The number of urea groups is 1. The van der Waals surface area contributed by atoms with E-state index in [1.807, 2.05) is 42.5 Å². The van der Waals surface area contributed by atoms with Gasteiger partial charge in [0.05, 0.1) is 31.7 Å². The van der Waals surface area contributed by atoms with Crippen LogP contribution in [0.25, 0.3) is 11.1 Å². The van der Waals surface area contributed by atoms with Crippen LogP contribution in [-0.4, -0.2) is 32.3 Å². The molecule has 4 bridgehead atoms. The molecule has 5 fully saturated rings. The van der Waals surface area contributed by atoms with E-state index in [4.69, 9.17) is 32.7 Å². The third kappa shape index (κ3) is 6.93. The molecule has 10 heteroatoms. The largest absolute Gasteiger partial charge is 0.392 e. The smallest absolute Gasteiger partial charge is 0.315 e. The molecule has 2 heterocycles. The highest BCUT2D eigenvalue weighted by molar-refractivity contribution is 6.40. The van der Waals surface area contributed by atoms with E-state index in [2.05, 4.69) is 52.9 Å². The van der Waals surface area contributed by atoms with Crippen molar-refractivity contribution >= 4 is 29.2 Å². The van der Waals surface area contributed by atoms with E-state index in [1.54, 1.807) is 10.9 Å². The van der Waals surface area contributed by atoms with Crippen LogP contribution in [0, 0.1) is 23.7 Å². The standard InChI is InChI=1S/C40H44Cl2N4O4/c1-24-34(21-46-23-44-36(41)37(46)42)49-38(50-35(24)31-7-5-25(22-47)6-8-31)32-11-9-30(10-12-32)33-4-2-3-26(16-33)20-43-39(48)45-40-17-27-13-28(18-40)15-29(14-27)19-40/h2-12,16,23-24,27-29,34-35,38,47H,13-15,17-22H2,1H3,(H2,43,45,48). The lowest BCUT2D eigenvalue weighted by molar-refractivity contribution is -0.276. The number of aliphatic hydroxyl groups excluding tert-OH is 1. The summed E-state index contributed by atoms with van der Waals surface area (Å²) in [5.41, 5.74) is 5.94. The van der Waals surface area contributed by atoms with Crippen LogP contribution < -0.4 is 10.6 Å². The van der Waals surface area contributed by atoms with Gasteiger partial charge in [-0.2, -0.15) is 0 Å². The van der Waals surface area contributed by atoms with Gasteiger partial charge < -0.3 is 29.8 Å². The van der Waals surface area contributed by atoms with Gasteiger partial charge in [-0.3, -0.25) is 0 Å². The maximum Gasteiger partial charge on any atom is 0.315 e. The van der Waals surface area contributed by atoms with Gasteiger partial charge in [-0.15, -0.1) is 0 Å². The van der Waals surface area contributed by atoms with Crippen LogP contribution in [0.15, 0.2) is 79.1 Å². The molecule has 1 aromatic heterocycles. The number of imidazole rings is 1. The highest BCUT2D eigenvalue weighted by Gasteiger charge is 2.51. The van der Waals surface area contributed by atoms with Crippen molar-refractivity contribution in [3.8, 4) is 11.1 Å². The Labute approximate surface area is 303 Å². The molecule has 262 valence electrons. The van der Waals surface area contributed by atoms with Crippen molar-refractivity contribution in [2.45, 2.75) is 89.2 Å². The second kappa shape index (κ2) is 14.0. The zero-order valence-corrected chi connectivity index (χ0v) is 29.7. The molecular weight excluding hydrogens is 671 g/mol. The quantitative estimate of drug-likeness (QED) is 0.161. The van der Waals surface area contributed by atoms with Crippen LogP contribution >= 0.6 is 23.2 Å². The highest BCUT2D eigenvalue weighted by atomic mass is 35.5. The molecule has 4 aliphatic carbocycles. The number of hydrogen-bond donors (Lipinski definition) is 3. The predicted molar refractivity (Wildman–Crippen MR) is 193 cm³/mol. The number of amides is 2. The molecule has 2 amide bonds. The number of hydrogen-bond acceptors (Lipinski definition) is 5. The van der Waals surface area contributed by atoms with Crippen molar-refractivity contribution in [1.29, 1.82) is 0 Å². The van der Waals surface area contributed by atoms with Gasteiger partial charge in [-0.1, -0.05) is 96.9 Å². The third-order valence-electron chi connectivity index (χ3n) is 11.5. The average molecular weight is 716 g/mol. The third-order valence-corrected chi connectivity index (χ3v) is 12.3. The zero-order valence-electron chi connectivity index (χ0n) is 28.2. The highest BCUT2D eigenvalue weighted by Crippen LogP contribution is 2.55. The van der Waals surface area contributed by atoms with Crippen molar-refractivity contribution in [3.63, 3.8) is 0 Å². The Morgan fingerprint density at radius 2 is 1.58 bits per heavy atom. The molecule has 4 atom stereocenters. The van der Waals surface area contributed by atoms with Gasteiger partial charge in [0.2, 0.25) is 0 Å². The number of carbonyl (C=O) groups excluding carboxylic acids is 1. The SMILES string of the molecule is CC1C(Cn2cnc(Cl)c2Cl)OC(c2ccc(-c3cccc(CNC(=O)NC45CC6CC(CC(C6)C4)C5)c3)cc2)OC1c1ccc(CO)cc1. The maximum absolute atomic E-state index is 13.1. The number of benzene rings is 3. The van der Waals surface area contributed by atoms with Gasteiger partial charge >= 0.3 is 6.03 Å². The van der Waals surface area contributed by atoms with Crippen molar-refractivity contribution in [2.24, 2.45) is 23.7 Å². The summed E-state index contributed by atoms with van der Waals surface area (Å²) in [6.45, 7) is 3.03. The lowest BCUT2D eigenvalue weighted by atomic mass is 9.53. The van der Waals surface area contributed by atoms with Gasteiger partial charge in [-0.25, -0.2) is 9.78 Å². The zero-order chi connectivity index (χ0) is 34.4. The monoisotopic (exact) mass is 714 g/mol. The van der Waals surface area contributed by atoms with Crippen molar-refractivity contribution in [2.75, 3.05) is 0 Å². The molecule has 9 rings (SSSR count). The second-order valence-electron chi connectivity index (χ2n) is 15.1. The Balaban J connectivity index is 0.950. The van der Waals surface area contributed by atoms with Crippen LogP contribution in [0.2, 0.25) is 10.3 Å². The minimum atomic E-state index is -0.617. The first-order valence-corrected chi connectivity index (χ1v) is 18.6. The van der Waals surface area contributed by atoms with E-state index in [-0.39, 0.29) is 41.5 Å². The first kappa shape index (κ1) is 33.7. The molecule has 1 aliphatic heterocycles. The molecule has 1 saturated heterocycles. The summed E-state index contributed by atoms with van der Waals surface area (Å²) < 4.78 is 15.0. The summed E-state index contributed by atoms with van der Waals surface area (Å²) in [4.78, 5) is 17.2. The van der Waals surface area contributed by atoms with Gasteiger partial charge in [0, 0.05) is 23.6 Å². The first-order chi connectivity index (χ1) is 24.2. The number of carbonyl (C=O) groups is 1. The number of rotatable bonds is 9. The number of nitrogens with zero attached hydrogens (tertiary/aromatic N) is 2. The molecule has 8 nitrogen and oxygen atoms in total. The summed E-state index contributed by atoms with van der Waals surface area (Å²) in [5.74, 6) is 2.35. The average Bonchev–Trinajstić information content (AvgIpc) is 3.43. The number of halogens is 2. The normalized spacial score (nSPS) is 30.0. The molecule has 0 spiro atoms. The van der Waals surface area contributed by atoms with Crippen molar-refractivity contribution in [1.82, 2.24) is 20.2 Å². The topological polar surface area (TPSA) is 97.6 Å². The number of ether oxygens (including phenoxy) is 2. The predicted octanol–water partition coefficient (Wildman–Crippen LogP) is 8.61. The molecule has 50 heavy (non-hydrogen) atoms. The molecule has 4 unspecified atom stereocenters. The van der Waals surface area contributed by atoms with Crippen LogP contribution in [0.4, 0.5) is 4.79 Å². The van der Waals surface area contributed by atoms with Crippen molar-refractivity contribution in [3.05, 3.63) is 112 Å². The second-order valence-corrected chi connectivity index (χ2v) is 15.8. The van der Waals surface area contributed by atoms with E-state index in [9.17, 15) is 9.90 Å². The Hall–Kier alpha value is -3.40. The lowest BCUT2D eigenvalue weighted by Gasteiger charge is -2.56. The van der Waals surface area contributed by atoms with Gasteiger partial charge in [0.1, 0.15) is 5.15 Å². The van der Waals surface area contributed by atoms with E-state index < -0.39 is 6.29 Å². The van der Waals surface area contributed by atoms with E-state index in [1.165, 1.54) is 19.3 Å². The van der Waals surface area contributed by atoms with Crippen LogP contribution in [-0.2, 0) is 29.2 Å².